The molecular weight excluding hydrogens is 262 g/mol. The summed E-state index contributed by atoms with van der Waals surface area (Å²) in [6.45, 7) is 4.84. The first kappa shape index (κ1) is 12.6. The van der Waals surface area contributed by atoms with Crippen LogP contribution in [-0.2, 0) is 6.54 Å². The van der Waals surface area contributed by atoms with E-state index in [1.165, 1.54) is 0 Å². The summed E-state index contributed by atoms with van der Waals surface area (Å²) in [5.74, 6) is -0.137. The Bertz CT molecular complexity index is 580. The Morgan fingerprint density at radius 2 is 2.32 bits per heavy atom. The second-order valence-corrected chi connectivity index (χ2v) is 6.27. The first-order valence-electron chi connectivity index (χ1n) is 6.47. The summed E-state index contributed by atoms with van der Waals surface area (Å²) in [5.41, 5.74) is 2.37. The number of aliphatic imine (C=N–C) groups is 1. The summed E-state index contributed by atoms with van der Waals surface area (Å²) in [6.07, 6.45) is 3.91. The van der Waals surface area contributed by atoms with Crippen molar-refractivity contribution in [3.05, 3.63) is 28.0 Å². The van der Waals surface area contributed by atoms with Gasteiger partial charge >= 0.3 is 0 Å². The van der Waals surface area contributed by atoms with Crippen LogP contribution in [0.2, 0.25) is 5.15 Å². The van der Waals surface area contributed by atoms with Gasteiger partial charge in [-0.2, -0.15) is 0 Å². The molecule has 1 amide bonds. The van der Waals surface area contributed by atoms with E-state index in [9.17, 15) is 4.79 Å². The van der Waals surface area contributed by atoms with Crippen molar-refractivity contribution in [1.29, 1.82) is 0 Å². The van der Waals surface area contributed by atoms with E-state index in [1.54, 1.807) is 12.3 Å². The minimum atomic E-state index is -0.137. The maximum absolute atomic E-state index is 12.4. The van der Waals surface area contributed by atoms with Gasteiger partial charge in [-0.25, -0.2) is 4.98 Å². The Labute approximate surface area is 117 Å². The number of halogens is 1. The number of fused-ring (bicyclic) bond motifs is 1. The lowest BCUT2D eigenvalue weighted by atomic mass is 9.67. The van der Waals surface area contributed by atoms with Gasteiger partial charge in [0.25, 0.3) is 5.91 Å². The van der Waals surface area contributed by atoms with Crippen LogP contribution in [0.25, 0.3) is 0 Å². The molecule has 1 aromatic rings. The lowest BCUT2D eigenvalue weighted by Crippen LogP contribution is -2.52. The highest BCUT2D eigenvalue weighted by molar-refractivity contribution is 6.30. The fraction of sp³-hybridized carbons (Fsp3) is 0.500. The highest BCUT2D eigenvalue weighted by atomic mass is 35.5. The molecule has 1 aliphatic heterocycles. The average molecular weight is 278 g/mol. The number of hydrogen-bond acceptors (Lipinski definition) is 3. The normalized spacial score (nSPS) is 22.8. The van der Waals surface area contributed by atoms with Crippen LogP contribution in [0.5, 0.6) is 0 Å². The fourth-order valence-electron chi connectivity index (χ4n) is 2.62. The summed E-state index contributed by atoms with van der Waals surface area (Å²) < 4.78 is 0. The van der Waals surface area contributed by atoms with E-state index in [1.807, 2.05) is 0 Å². The smallest absolute Gasteiger partial charge is 0.270 e. The van der Waals surface area contributed by atoms with Crippen molar-refractivity contribution in [3.63, 3.8) is 0 Å². The van der Waals surface area contributed by atoms with Gasteiger partial charge in [-0.05, 0) is 24.3 Å². The van der Waals surface area contributed by atoms with E-state index in [0.717, 1.165) is 24.0 Å². The third-order valence-electron chi connectivity index (χ3n) is 4.15. The second kappa shape index (κ2) is 4.30. The molecule has 1 atom stereocenters. The average Bonchev–Trinajstić information content (AvgIpc) is 2.81. The maximum atomic E-state index is 12.4. The largest absolute Gasteiger partial charge is 0.347 e. The molecule has 1 fully saturated rings. The summed E-state index contributed by atoms with van der Waals surface area (Å²) in [4.78, 5) is 20.7. The molecule has 1 aliphatic carbocycles. The SMILES string of the molecule is CC1(C)CCC1NC(=O)c1nc(Cl)cc2c1CN=C2. The fourth-order valence-corrected chi connectivity index (χ4v) is 2.83. The van der Waals surface area contributed by atoms with Crippen molar-refractivity contribution in [2.45, 2.75) is 39.3 Å². The summed E-state index contributed by atoms with van der Waals surface area (Å²) in [7, 11) is 0. The number of hydrogen-bond donors (Lipinski definition) is 1. The zero-order valence-electron chi connectivity index (χ0n) is 11.0. The van der Waals surface area contributed by atoms with Gasteiger partial charge in [-0.3, -0.25) is 9.79 Å². The first-order valence-corrected chi connectivity index (χ1v) is 6.85. The predicted octanol–water partition coefficient (Wildman–Crippen LogP) is 2.59. The number of carbonyl (C=O) groups excluding carboxylic acids is 1. The molecule has 2 aliphatic rings. The van der Waals surface area contributed by atoms with Crippen molar-refractivity contribution < 1.29 is 4.79 Å². The number of nitrogens with zero attached hydrogens (tertiary/aromatic N) is 2. The molecule has 1 saturated carbocycles. The lowest BCUT2D eigenvalue weighted by molar-refractivity contribution is 0.0727. The molecule has 5 heteroatoms. The standard InChI is InChI=1S/C14H16ClN3O/c1-14(2)4-3-10(14)17-13(19)12-9-7-16-6-8(9)5-11(15)18-12/h5-6,10H,3-4,7H2,1-2H3,(H,17,19). The molecule has 19 heavy (non-hydrogen) atoms. The number of pyridine rings is 1. The van der Waals surface area contributed by atoms with E-state index in [2.05, 4.69) is 29.1 Å². The van der Waals surface area contributed by atoms with Crippen LogP contribution >= 0.6 is 11.6 Å². The molecular formula is C14H16ClN3O. The van der Waals surface area contributed by atoms with Gasteiger partial charge in [-0.1, -0.05) is 25.4 Å². The molecule has 4 nitrogen and oxygen atoms in total. The molecule has 1 aromatic heterocycles. The number of amides is 1. The van der Waals surface area contributed by atoms with Gasteiger partial charge < -0.3 is 5.32 Å². The molecule has 3 rings (SSSR count). The van der Waals surface area contributed by atoms with Crippen molar-refractivity contribution >= 4 is 23.7 Å². The quantitative estimate of drug-likeness (QED) is 0.845. The third kappa shape index (κ3) is 2.14. The van der Waals surface area contributed by atoms with Crippen LogP contribution in [0.15, 0.2) is 11.1 Å². The van der Waals surface area contributed by atoms with Gasteiger partial charge in [0.05, 0.1) is 6.54 Å². The molecule has 0 spiro atoms. The maximum Gasteiger partial charge on any atom is 0.270 e. The second-order valence-electron chi connectivity index (χ2n) is 5.88. The van der Waals surface area contributed by atoms with Crippen molar-refractivity contribution in [2.75, 3.05) is 0 Å². The van der Waals surface area contributed by atoms with Crippen LogP contribution in [-0.4, -0.2) is 23.1 Å². The highest BCUT2D eigenvalue weighted by Gasteiger charge is 2.39. The topological polar surface area (TPSA) is 54.4 Å². The third-order valence-corrected chi connectivity index (χ3v) is 4.34. The van der Waals surface area contributed by atoms with Crippen LogP contribution in [0.4, 0.5) is 0 Å². The van der Waals surface area contributed by atoms with Crippen molar-refractivity contribution in [2.24, 2.45) is 10.4 Å². The predicted molar refractivity (Wildman–Crippen MR) is 74.8 cm³/mol. The summed E-state index contributed by atoms with van der Waals surface area (Å²) >= 11 is 5.96. The van der Waals surface area contributed by atoms with Crippen LogP contribution in [0, 0.1) is 5.41 Å². The Balaban J connectivity index is 1.85. The number of carbonyl (C=O) groups is 1. The molecule has 0 radical (unpaired) electrons. The molecule has 2 heterocycles. The lowest BCUT2D eigenvalue weighted by Gasteiger charge is -2.44. The highest BCUT2D eigenvalue weighted by Crippen LogP contribution is 2.40. The van der Waals surface area contributed by atoms with Crippen molar-refractivity contribution in [1.82, 2.24) is 10.3 Å². The zero-order valence-corrected chi connectivity index (χ0v) is 11.8. The van der Waals surface area contributed by atoms with Gasteiger partial charge in [0.1, 0.15) is 10.8 Å². The van der Waals surface area contributed by atoms with Gasteiger partial charge in [0.2, 0.25) is 0 Å². The molecule has 1 unspecified atom stereocenters. The minimum Gasteiger partial charge on any atom is -0.347 e. The number of rotatable bonds is 2. The summed E-state index contributed by atoms with van der Waals surface area (Å²) in [5, 5.41) is 3.40. The zero-order chi connectivity index (χ0) is 13.6. The molecule has 1 N–H and O–H groups in total. The van der Waals surface area contributed by atoms with Crippen LogP contribution in [0.1, 0.15) is 48.3 Å². The molecule has 0 aromatic carbocycles. The Morgan fingerprint density at radius 1 is 1.53 bits per heavy atom. The monoisotopic (exact) mass is 277 g/mol. The van der Waals surface area contributed by atoms with Gasteiger partial charge in [0.15, 0.2) is 0 Å². The molecule has 0 bridgehead atoms. The van der Waals surface area contributed by atoms with E-state index in [0.29, 0.717) is 17.4 Å². The molecule has 0 saturated heterocycles. The Morgan fingerprint density at radius 3 is 2.95 bits per heavy atom. The van der Waals surface area contributed by atoms with Crippen LogP contribution < -0.4 is 5.32 Å². The Kier molecular flexibility index (Phi) is 2.86. The van der Waals surface area contributed by atoms with Crippen molar-refractivity contribution in [3.8, 4) is 0 Å². The minimum absolute atomic E-state index is 0.137. The summed E-state index contributed by atoms with van der Waals surface area (Å²) in [6, 6.07) is 1.97. The van der Waals surface area contributed by atoms with E-state index < -0.39 is 0 Å². The first-order chi connectivity index (χ1) is 8.97. The number of nitrogens with one attached hydrogen (secondary N) is 1. The molecule has 100 valence electrons. The van der Waals surface area contributed by atoms with Gasteiger partial charge in [0, 0.05) is 23.4 Å². The van der Waals surface area contributed by atoms with E-state index >= 15 is 0 Å². The van der Waals surface area contributed by atoms with Gasteiger partial charge in [-0.15, -0.1) is 0 Å². The number of aromatic nitrogens is 1. The van der Waals surface area contributed by atoms with E-state index in [-0.39, 0.29) is 17.4 Å². The van der Waals surface area contributed by atoms with Crippen LogP contribution in [0.3, 0.4) is 0 Å². The van der Waals surface area contributed by atoms with E-state index in [4.69, 9.17) is 11.6 Å². The Hall–Kier alpha value is -1.42.